The van der Waals surface area contributed by atoms with Crippen molar-refractivity contribution in [2.45, 2.75) is 4.90 Å². The fourth-order valence-corrected chi connectivity index (χ4v) is 3.66. The lowest BCUT2D eigenvalue weighted by Gasteiger charge is -2.10. The highest BCUT2D eigenvalue weighted by molar-refractivity contribution is 7.92. The summed E-state index contributed by atoms with van der Waals surface area (Å²) in [4.78, 5) is 4.23. The van der Waals surface area contributed by atoms with E-state index in [0.29, 0.717) is 17.2 Å². The van der Waals surface area contributed by atoms with Crippen molar-refractivity contribution in [2.75, 3.05) is 23.9 Å². The van der Waals surface area contributed by atoms with Gasteiger partial charge in [0.1, 0.15) is 11.6 Å². The van der Waals surface area contributed by atoms with Gasteiger partial charge < -0.3 is 19.5 Å². The SMILES string of the molecule is COc1cccc(Nc2ccc(NS(=O)(=O)c3ccc4c(c3)OCO4)nc2)c1. The lowest BCUT2D eigenvalue weighted by atomic mass is 10.3. The number of nitrogens with zero attached hydrogens (tertiary/aromatic N) is 1. The molecule has 0 unspecified atom stereocenters. The van der Waals surface area contributed by atoms with E-state index in [0.717, 1.165) is 11.4 Å². The third kappa shape index (κ3) is 3.79. The number of rotatable bonds is 6. The Balaban J connectivity index is 1.48. The lowest BCUT2D eigenvalue weighted by Crippen LogP contribution is -2.13. The van der Waals surface area contributed by atoms with Crippen LogP contribution in [0.25, 0.3) is 0 Å². The minimum absolute atomic E-state index is 0.0668. The number of methoxy groups -OCH3 is 1. The van der Waals surface area contributed by atoms with E-state index < -0.39 is 10.0 Å². The first kappa shape index (κ1) is 17.9. The minimum atomic E-state index is -3.80. The number of pyridine rings is 1. The van der Waals surface area contributed by atoms with Gasteiger partial charge in [-0.2, -0.15) is 0 Å². The Labute approximate surface area is 162 Å². The molecule has 2 aromatic carbocycles. The zero-order valence-corrected chi connectivity index (χ0v) is 15.7. The van der Waals surface area contributed by atoms with Crippen molar-refractivity contribution in [2.24, 2.45) is 0 Å². The summed E-state index contributed by atoms with van der Waals surface area (Å²) in [5.41, 5.74) is 1.54. The highest BCUT2D eigenvalue weighted by atomic mass is 32.2. The summed E-state index contributed by atoms with van der Waals surface area (Å²) < 4.78 is 43.2. The Bertz CT molecular complexity index is 1100. The first-order valence-electron chi connectivity index (χ1n) is 8.33. The van der Waals surface area contributed by atoms with Gasteiger partial charge in [-0.3, -0.25) is 4.72 Å². The number of hydrogen-bond donors (Lipinski definition) is 2. The van der Waals surface area contributed by atoms with Crippen molar-refractivity contribution in [3.05, 3.63) is 60.8 Å². The van der Waals surface area contributed by atoms with Gasteiger partial charge in [0.05, 0.1) is 23.9 Å². The second kappa shape index (κ2) is 7.28. The molecule has 3 aromatic rings. The molecule has 1 aromatic heterocycles. The molecule has 0 saturated heterocycles. The molecule has 2 N–H and O–H groups in total. The molecule has 0 spiro atoms. The van der Waals surface area contributed by atoms with E-state index in [4.69, 9.17) is 14.2 Å². The lowest BCUT2D eigenvalue weighted by molar-refractivity contribution is 0.174. The fourth-order valence-electron chi connectivity index (χ4n) is 2.64. The van der Waals surface area contributed by atoms with Crippen LogP contribution in [0, 0.1) is 0 Å². The van der Waals surface area contributed by atoms with Crippen LogP contribution in [-0.4, -0.2) is 27.3 Å². The minimum Gasteiger partial charge on any atom is -0.497 e. The Morgan fingerprint density at radius 2 is 1.86 bits per heavy atom. The van der Waals surface area contributed by atoms with Crippen molar-refractivity contribution in [1.29, 1.82) is 0 Å². The maximum absolute atomic E-state index is 12.6. The number of nitrogens with one attached hydrogen (secondary N) is 2. The van der Waals surface area contributed by atoms with Crippen LogP contribution in [0.15, 0.2) is 65.7 Å². The highest BCUT2D eigenvalue weighted by Crippen LogP contribution is 2.34. The number of hydrogen-bond acceptors (Lipinski definition) is 7. The van der Waals surface area contributed by atoms with E-state index in [-0.39, 0.29) is 17.5 Å². The maximum atomic E-state index is 12.6. The van der Waals surface area contributed by atoms with Gasteiger partial charge in [-0.05, 0) is 36.4 Å². The Morgan fingerprint density at radius 1 is 1.00 bits per heavy atom. The van der Waals surface area contributed by atoms with E-state index >= 15 is 0 Å². The predicted octanol–water partition coefficient (Wildman–Crippen LogP) is 3.36. The number of anilines is 3. The van der Waals surface area contributed by atoms with E-state index in [2.05, 4.69) is 15.0 Å². The van der Waals surface area contributed by atoms with Crippen LogP contribution < -0.4 is 24.2 Å². The molecule has 9 heteroatoms. The molecule has 1 aliphatic rings. The van der Waals surface area contributed by atoms with Gasteiger partial charge in [-0.25, -0.2) is 13.4 Å². The van der Waals surface area contributed by atoms with Crippen molar-refractivity contribution in [1.82, 2.24) is 4.98 Å². The standard InChI is InChI=1S/C19H17N3O5S/c1-25-15-4-2-3-13(9-15)21-14-5-8-19(20-11-14)22-28(23,24)16-6-7-17-18(10-16)27-12-26-17/h2-11,21H,12H2,1H3,(H,20,22). The van der Waals surface area contributed by atoms with Crippen molar-refractivity contribution >= 4 is 27.2 Å². The van der Waals surface area contributed by atoms with Crippen LogP contribution in [0.2, 0.25) is 0 Å². The molecule has 0 saturated carbocycles. The average molecular weight is 399 g/mol. The molecule has 144 valence electrons. The van der Waals surface area contributed by atoms with E-state index in [1.807, 2.05) is 24.3 Å². The monoisotopic (exact) mass is 399 g/mol. The molecule has 0 amide bonds. The molecule has 1 aliphatic heterocycles. The smallest absolute Gasteiger partial charge is 0.263 e. The van der Waals surface area contributed by atoms with E-state index in [1.54, 1.807) is 25.3 Å². The van der Waals surface area contributed by atoms with Crippen molar-refractivity contribution < 1.29 is 22.6 Å². The summed E-state index contributed by atoms with van der Waals surface area (Å²) in [5.74, 6) is 1.85. The third-order valence-electron chi connectivity index (χ3n) is 4.02. The summed E-state index contributed by atoms with van der Waals surface area (Å²) in [6.07, 6.45) is 1.54. The van der Waals surface area contributed by atoms with Gasteiger partial charge in [-0.1, -0.05) is 6.07 Å². The Kier molecular flexibility index (Phi) is 4.66. The molecule has 0 bridgehead atoms. The molecule has 0 radical (unpaired) electrons. The first-order valence-corrected chi connectivity index (χ1v) is 9.81. The third-order valence-corrected chi connectivity index (χ3v) is 5.37. The summed E-state index contributed by atoms with van der Waals surface area (Å²) in [6, 6.07) is 15.2. The van der Waals surface area contributed by atoms with Gasteiger partial charge in [0.15, 0.2) is 11.5 Å². The normalized spacial score (nSPS) is 12.5. The molecule has 2 heterocycles. The van der Waals surface area contributed by atoms with Crippen molar-refractivity contribution in [3.8, 4) is 17.2 Å². The van der Waals surface area contributed by atoms with Crippen LogP contribution >= 0.6 is 0 Å². The van der Waals surface area contributed by atoms with E-state index in [9.17, 15) is 8.42 Å². The molecular formula is C19H17N3O5S. The second-order valence-corrected chi connectivity index (χ2v) is 7.59. The molecule has 0 fully saturated rings. The number of fused-ring (bicyclic) bond motifs is 1. The second-order valence-electron chi connectivity index (χ2n) is 5.91. The maximum Gasteiger partial charge on any atom is 0.263 e. The van der Waals surface area contributed by atoms with Crippen LogP contribution in [0.5, 0.6) is 17.2 Å². The highest BCUT2D eigenvalue weighted by Gasteiger charge is 2.20. The van der Waals surface area contributed by atoms with Crippen molar-refractivity contribution in [3.63, 3.8) is 0 Å². The number of aromatic nitrogens is 1. The van der Waals surface area contributed by atoms with Gasteiger partial charge in [0.25, 0.3) is 10.0 Å². The molecular weight excluding hydrogens is 382 g/mol. The Morgan fingerprint density at radius 3 is 2.64 bits per heavy atom. The zero-order valence-electron chi connectivity index (χ0n) is 14.9. The van der Waals surface area contributed by atoms with Gasteiger partial charge in [0.2, 0.25) is 6.79 Å². The molecule has 0 atom stereocenters. The fraction of sp³-hybridized carbons (Fsp3) is 0.105. The van der Waals surface area contributed by atoms with Gasteiger partial charge in [0, 0.05) is 17.8 Å². The quantitative estimate of drug-likeness (QED) is 0.656. The summed E-state index contributed by atoms with van der Waals surface area (Å²) in [5, 5.41) is 3.18. The summed E-state index contributed by atoms with van der Waals surface area (Å²) in [6.45, 7) is 0.0789. The number of sulfonamides is 1. The number of ether oxygens (including phenoxy) is 3. The number of benzene rings is 2. The molecule has 4 rings (SSSR count). The predicted molar refractivity (Wildman–Crippen MR) is 104 cm³/mol. The zero-order chi connectivity index (χ0) is 19.6. The van der Waals surface area contributed by atoms with Crippen LogP contribution in [0.3, 0.4) is 0 Å². The van der Waals surface area contributed by atoms with E-state index in [1.165, 1.54) is 18.3 Å². The largest absolute Gasteiger partial charge is 0.497 e. The van der Waals surface area contributed by atoms with Gasteiger partial charge >= 0.3 is 0 Å². The van der Waals surface area contributed by atoms with Gasteiger partial charge in [-0.15, -0.1) is 0 Å². The van der Waals surface area contributed by atoms with Crippen LogP contribution in [0.4, 0.5) is 17.2 Å². The molecule has 8 nitrogen and oxygen atoms in total. The molecule has 28 heavy (non-hydrogen) atoms. The topological polar surface area (TPSA) is 98.8 Å². The average Bonchev–Trinajstić information content (AvgIpc) is 3.17. The summed E-state index contributed by atoms with van der Waals surface area (Å²) >= 11 is 0. The molecule has 0 aliphatic carbocycles. The first-order chi connectivity index (χ1) is 13.5. The summed E-state index contributed by atoms with van der Waals surface area (Å²) in [7, 11) is -2.20. The van der Waals surface area contributed by atoms with Crippen LogP contribution in [0.1, 0.15) is 0 Å². The Hall–Kier alpha value is -3.46. The van der Waals surface area contributed by atoms with Crippen LogP contribution in [-0.2, 0) is 10.0 Å².